The third kappa shape index (κ3) is 1.80. The first-order valence-corrected chi connectivity index (χ1v) is 4.80. The first kappa shape index (κ1) is 8.27. The number of hydrogen-bond acceptors (Lipinski definition) is 2. The lowest BCUT2D eigenvalue weighted by atomic mass is 10.3. The van der Waals surface area contributed by atoms with Gasteiger partial charge in [0, 0.05) is 11.4 Å². The molecule has 0 aliphatic rings. The van der Waals surface area contributed by atoms with Gasteiger partial charge in [0.2, 0.25) is 0 Å². The summed E-state index contributed by atoms with van der Waals surface area (Å²) in [4.78, 5) is 0.745. The highest BCUT2D eigenvalue weighted by Crippen LogP contribution is 2.14. The number of para-hydroxylation sites is 1. The zero-order valence-electron chi connectivity index (χ0n) is 6.41. The van der Waals surface area contributed by atoms with Crippen LogP contribution in [-0.2, 0) is 10.8 Å². The van der Waals surface area contributed by atoms with Gasteiger partial charge >= 0.3 is 0 Å². The van der Waals surface area contributed by atoms with E-state index in [0.717, 1.165) is 4.90 Å². The first-order chi connectivity index (χ1) is 5.25. The van der Waals surface area contributed by atoms with Crippen molar-refractivity contribution in [1.29, 1.82) is 0 Å². The predicted octanol–water partition coefficient (Wildman–Crippen LogP) is 1.40. The van der Waals surface area contributed by atoms with Crippen molar-refractivity contribution in [3.8, 4) is 0 Å². The van der Waals surface area contributed by atoms with Crippen LogP contribution in [0.5, 0.6) is 0 Å². The smallest absolute Gasteiger partial charge is 0.0617 e. The second kappa shape index (κ2) is 3.53. The first-order valence-electron chi connectivity index (χ1n) is 3.48. The Morgan fingerprint density at radius 3 is 2.64 bits per heavy atom. The van der Waals surface area contributed by atoms with Crippen LogP contribution < -0.4 is 5.73 Å². The maximum atomic E-state index is 11.3. The highest BCUT2D eigenvalue weighted by molar-refractivity contribution is 7.85. The van der Waals surface area contributed by atoms with Crippen molar-refractivity contribution in [2.45, 2.75) is 11.8 Å². The number of rotatable bonds is 2. The molecule has 0 bridgehead atoms. The molecule has 0 fully saturated rings. The zero-order valence-corrected chi connectivity index (χ0v) is 7.23. The van der Waals surface area contributed by atoms with Crippen LogP contribution in [0.25, 0.3) is 0 Å². The Hall–Kier alpha value is -0.830. The van der Waals surface area contributed by atoms with Crippen LogP contribution in [0.15, 0.2) is 29.2 Å². The van der Waals surface area contributed by atoms with Gasteiger partial charge in [0.1, 0.15) is 0 Å². The molecule has 2 nitrogen and oxygen atoms in total. The van der Waals surface area contributed by atoms with E-state index in [1.807, 2.05) is 19.1 Å². The summed E-state index contributed by atoms with van der Waals surface area (Å²) in [5.74, 6) is 0.619. The Balaban J connectivity index is 3.03. The van der Waals surface area contributed by atoms with Crippen molar-refractivity contribution in [2.24, 2.45) is 0 Å². The average molecular weight is 169 g/mol. The topological polar surface area (TPSA) is 43.1 Å². The van der Waals surface area contributed by atoms with E-state index >= 15 is 0 Å². The van der Waals surface area contributed by atoms with Gasteiger partial charge in [0.25, 0.3) is 0 Å². The number of benzene rings is 1. The Bertz CT molecular complexity index is 273. The summed E-state index contributed by atoms with van der Waals surface area (Å²) < 4.78 is 11.3. The molecule has 0 aliphatic carbocycles. The van der Waals surface area contributed by atoms with Crippen molar-refractivity contribution >= 4 is 16.5 Å². The highest BCUT2D eigenvalue weighted by atomic mass is 32.2. The lowest BCUT2D eigenvalue weighted by Gasteiger charge is -2.01. The molecular weight excluding hydrogens is 158 g/mol. The average Bonchev–Trinajstić information content (AvgIpc) is 2.04. The molecule has 0 unspecified atom stereocenters. The van der Waals surface area contributed by atoms with Crippen molar-refractivity contribution in [3.05, 3.63) is 24.3 Å². The van der Waals surface area contributed by atoms with Crippen LogP contribution in [0.2, 0.25) is 0 Å². The molecule has 0 saturated carbocycles. The van der Waals surface area contributed by atoms with Crippen LogP contribution >= 0.6 is 0 Å². The SMILES string of the molecule is CC[S@@](=O)c1ccccc1N. The maximum absolute atomic E-state index is 11.3. The number of nitrogen functional groups attached to an aromatic ring is 1. The van der Waals surface area contributed by atoms with Gasteiger partial charge in [-0.05, 0) is 12.1 Å². The monoisotopic (exact) mass is 169 g/mol. The van der Waals surface area contributed by atoms with Gasteiger partial charge in [0.15, 0.2) is 0 Å². The molecule has 1 aromatic rings. The second-order valence-corrected chi connectivity index (χ2v) is 3.88. The summed E-state index contributed by atoms with van der Waals surface area (Å²) in [6.45, 7) is 1.88. The molecule has 1 rings (SSSR count). The van der Waals surface area contributed by atoms with E-state index < -0.39 is 10.8 Å². The van der Waals surface area contributed by atoms with Crippen LogP contribution in [0.3, 0.4) is 0 Å². The van der Waals surface area contributed by atoms with E-state index in [2.05, 4.69) is 0 Å². The quantitative estimate of drug-likeness (QED) is 0.680. The molecule has 0 aromatic heterocycles. The molecule has 0 amide bonds. The highest BCUT2D eigenvalue weighted by Gasteiger charge is 2.02. The minimum atomic E-state index is -0.927. The summed E-state index contributed by atoms with van der Waals surface area (Å²) in [5, 5.41) is 0. The molecule has 2 N–H and O–H groups in total. The van der Waals surface area contributed by atoms with Gasteiger partial charge in [-0.25, -0.2) is 0 Å². The molecule has 60 valence electrons. The predicted molar refractivity (Wildman–Crippen MR) is 47.8 cm³/mol. The van der Waals surface area contributed by atoms with E-state index in [1.54, 1.807) is 12.1 Å². The van der Waals surface area contributed by atoms with Crippen molar-refractivity contribution in [2.75, 3.05) is 11.5 Å². The minimum absolute atomic E-state index is 0.618. The summed E-state index contributed by atoms with van der Waals surface area (Å²) in [6.07, 6.45) is 0. The zero-order chi connectivity index (χ0) is 8.27. The Kier molecular flexibility index (Phi) is 2.65. The lowest BCUT2D eigenvalue weighted by Crippen LogP contribution is -1.98. The summed E-state index contributed by atoms with van der Waals surface area (Å²) in [5.41, 5.74) is 6.22. The fourth-order valence-corrected chi connectivity index (χ4v) is 1.72. The summed E-state index contributed by atoms with van der Waals surface area (Å²) in [7, 11) is -0.927. The van der Waals surface area contributed by atoms with Crippen LogP contribution in [0.1, 0.15) is 6.92 Å². The molecule has 0 saturated heterocycles. The Morgan fingerprint density at radius 2 is 2.09 bits per heavy atom. The van der Waals surface area contributed by atoms with Crippen molar-refractivity contribution in [3.63, 3.8) is 0 Å². The standard InChI is InChI=1S/C8H11NOS/c1-2-11(10)8-6-4-3-5-7(8)9/h3-6H,2,9H2,1H3/t11-/m1/s1. The molecule has 11 heavy (non-hydrogen) atoms. The molecule has 1 atom stereocenters. The minimum Gasteiger partial charge on any atom is -0.398 e. The third-order valence-corrected chi connectivity index (χ3v) is 2.81. The summed E-state index contributed by atoms with van der Waals surface area (Å²) >= 11 is 0. The van der Waals surface area contributed by atoms with Gasteiger partial charge in [-0.3, -0.25) is 4.21 Å². The second-order valence-electron chi connectivity index (χ2n) is 2.17. The lowest BCUT2D eigenvalue weighted by molar-refractivity contribution is 0.684. The van der Waals surface area contributed by atoms with E-state index in [1.165, 1.54) is 0 Å². The molecule has 0 radical (unpaired) electrons. The third-order valence-electron chi connectivity index (χ3n) is 1.43. The largest absolute Gasteiger partial charge is 0.398 e. The fourth-order valence-electron chi connectivity index (χ4n) is 0.843. The Labute approximate surface area is 68.9 Å². The van der Waals surface area contributed by atoms with Crippen LogP contribution in [0.4, 0.5) is 5.69 Å². The maximum Gasteiger partial charge on any atom is 0.0617 e. The van der Waals surface area contributed by atoms with Gasteiger partial charge in [-0.1, -0.05) is 19.1 Å². The van der Waals surface area contributed by atoms with Crippen LogP contribution in [-0.4, -0.2) is 9.96 Å². The van der Waals surface area contributed by atoms with Crippen molar-refractivity contribution < 1.29 is 4.21 Å². The molecule has 0 heterocycles. The van der Waals surface area contributed by atoms with E-state index in [-0.39, 0.29) is 0 Å². The van der Waals surface area contributed by atoms with E-state index in [9.17, 15) is 4.21 Å². The number of anilines is 1. The molecular formula is C8H11NOS. The van der Waals surface area contributed by atoms with Crippen molar-refractivity contribution in [1.82, 2.24) is 0 Å². The number of nitrogens with two attached hydrogens (primary N) is 1. The van der Waals surface area contributed by atoms with E-state index in [4.69, 9.17) is 5.73 Å². The van der Waals surface area contributed by atoms with Gasteiger partial charge in [-0.2, -0.15) is 0 Å². The van der Waals surface area contributed by atoms with E-state index in [0.29, 0.717) is 11.4 Å². The Morgan fingerprint density at radius 1 is 1.45 bits per heavy atom. The summed E-state index contributed by atoms with van der Waals surface area (Å²) in [6, 6.07) is 7.25. The molecule has 3 heteroatoms. The number of hydrogen-bond donors (Lipinski definition) is 1. The van der Waals surface area contributed by atoms with Gasteiger partial charge in [-0.15, -0.1) is 0 Å². The molecule has 1 aromatic carbocycles. The molecule has 0 spiro atoms. The van der Waals surface area contributed by atoms with Gasteiger partial charge in [0.05, 0.1) is 15.7 Å². The van der Waals surface area contributed by atoms with Gasteiger partial charge < -0.3 is 5.73 Å². The normalized spacial score (nSPS) is 12.8. The molecule has 0 aliphatic heterocycles. The fraction of sp³-hybridized carbons (Fsp3) is 0.250. The van der Waals surface area contributed by atoms with Crippen LogP contribution in [0, 0.1) is 0 Å².